The van der Waals surface area contributed by atoms with Crippen LogP contribution in [-0.2, 0) is 11.2 Å². The summed E-state index contributed by atoms with van der Waals surface area (Å²) in [5, 5.41) is 12.3. The lowest BCUT2D eigenvalue weighted by Crippen LogP contribution is -2.14. The van der Waals surface area contributed by atoms with Crippen LogP contribution in [0.3, 0.4) is 0 Å². The van der Waals surface area contributed by atoms with Crippen LogP contribution in [0.4, 0.5) is 5.69 Å². The molecule has 2 aromatic carbocycles. The molecule has 2 aromatic rings. The van der Waals surface area contributed by atoms with Crippen molar-refractivity contribution in [2.45, 2.75) is 11.3 Å². The molecule has 4 heteroatoms. The van der Waals surface area contributed by atoms with Crippen LogP contribution in [0.2, 0.25) is 0 Å². The fourth-order valence-corrected chi connectivity index (χ4v) is 2.35. The number of rotatable bonds is 4. The second-order valence-corrected chi connectivity index (χ2v) is 4.94. The summed E-state index contributed by atoms with van der Waals surface area (Å²) < 4.78 is 0. The minimum Gasteiger partial charge on any atom is -0.508 e. The zero-order valence-electron chi connectivity index (χ0n) is 10.6. The second kappa shape index (κ2) is 6.29. The van der Waals surface area contributed by atoms with Crippen molar-refractivity contribution in [1.82, 2.24) is 0 Å². The number of hydrogen-bond donors (Lipinski definition) is 2. The molecular formula is C15H15NO2S. The highest BCUT2D eigenvalue weighted by Gasteiger charge is 2.07. The van der Waals surface area contributed by atoms with E-state index in [0.29, 0.717) is 0 Å². The quantitative estimate of drug-likeness (QED) is 0.840. The van der Waals surface area contributed by atoms with Crippen molar-refractivity contribution < 1.29 is 9.90 Å². The van der Waals surface area contributed by atoms with Crippen molar-refractivity contribution in [2.24, 2.45) is 0 Å². The minimum absolute atomic E-state index is 0.0906. The number of thioether (sulfide) groups is 1. The van der Waals surface area contributed by atoms with E-state index in [1.165, 1.54) is 0 Å². The van der Waals surface area contributed by atoms with Gasteiger partial charge in [-0.2, -0.15) is 0 Å². The summed E-state index contributed by atoms with van der Waals surface area (Å²) in [4.78, 5) is 13.0. The van der Waals surface area contributed by atoms with E-state index in [2.05, 4.69) is 5.32 Å². The Kier molecular flexibility index (Phi) is 4.47. The monoisotopic (exact) mass is 273 g/mol. The Labute approximate surface area is 116 Å². The molecule has 0 radical (unpaired) electrons. The Bertz CT molecular complexity index is 584. The van der Waals surface area contributed by atoms with Gasteiger partial charge in [0.25, 0.3) is 0 Å². The van der Waals surface area contributed by atoms with Crippen LogP contribution in [-0.4, -0.2) is 17.3 Å². The molecule has 0 saturated carbocycles. The van der Waals surface area contributed by atoms with E-state index in [9.17, 15) is 9.90 Å². The van der Waals surface area contributed by atoms with Crippen molar-refractivity contribution in [1.29, 1.82) is 0 Å². The lowest BCUT2D eigenvalue weighted by Gasteiger charge is -2.09. The Morgan fingerprint density at radius 2 is 2.00 bits per heavy atom. The van der Waals surface area contributed by atoms with Gasteiger partial charge in [-0.05, 0) is 36.1 Å². The smallest absolute Gasteiger partial charge is 0.228 e. The Hall–Kier alpha value is -1.94. The predicted molar refractivity (Wildman–Crippen MR) is 78.7 cm³/mol. The number of nitrogens with one attached hydrogen (secondary N) is 1. The molecule has 2 rings (SSSR count). The molecule has 0 fully saturated rings. The van der Waals surface area contributed by atoms with Crippen molar-refractivity contribution in [3.63, 3.8) is 0 Å². The topological polar surface area (TPSA) is 49.3 Å². The van der Waals surface area contributed by atoms with Crippen LogP contribution in [0.5, 0.6) is 5.75 Å². The summed E-state index contributed by atoms with van der Waals surface area (Å²) in [6.45, 7) is 0. The molecule has 19 heavy (non-hydrogen) atoms. The molecule has 1 amide bonds. The molecule has 0 spiro atoms. The standard InChI is InChI=1S/C15H15NO2S/c1-19-14-8-3-2-7-13(14)16-15(18)10-11-5-4-6-12(17)9-11/h2-9,17H,10H2,1H3,(H,16,18). The van der Waals surface area contributed by atoms with E-state index in [1.54, 1.807) is 30.0 Å². The Balaban J connectivity index is 2.05. The van der Waals surface area contributed by atoms with Crippen LogP contribution in [0.15, 0.2) is 53.4 Å². The molecule has 3 nitrogen and oxygen atoms in total. The predicted octanol–water partition coefficient (Wildman–Crippen LogP) is 3.30. The number of carbonyl (C=O) groups excluding carboxylic acids is 1. The number of amides is 1. The molecule has 0 aliphatic heterocycles. The minimum atomic E-state index is -0.0906. The summed E-state index contributed by atoms with van der Waals surface area (Å²) in [6, 6.07) is 14.4. The third kappa shape index (κ3) is 3.76. The normalized spacial score (nSPS) is 10.2. The number of phenolic OH excluding ortho intramolecular Hbond substituents is 1. The van der Waals surface area contributed by atoms with Gasteiger partial charge in [0.2, 0.25) is 5.91 Å². The summed E-state index contributed by atoms with van der Waals surface area (Å²) in [5.74, 6) is 0.0851. The van der Waals surface area contributed by atoms with E-state index in [-0.39, 0.29) is 18.1 Å². The zero-order valence-corrected chi connectivity index (χ0v) is 11.4. The fourth-order valence-electron chi connectivity index (χ4n) is 1.79. The second-order valence-electron chi connectivity index (χ2n) is 4.10. The maximum absolute atomic E-state index is 12.0. The largest absolute Gasteiger partial charge is 0.508 e. The van der Waals surface area contributed by atoms with Gasteiger partial charge in [0.1, 0.15) is 5.75 Å². The molecule has 0 heterocycles. The lowest BCUT2D eigenvalue weighted by atomic mass is 10.1. The summed E-state index contributed by atoms with van der Waals surface area (Å²) in [5.41, 5.74) is 1.61. The number of benzene rings is 2. The van der Waals surface area contributed by atoms with Gasteiger partial charge in [0, 0.05) is 4.90 Å². The number of phenols is 1. The highest BCUT2D eigenvalue weighted by molar-refractivity contribution is 7.98. The van der Waals surface area contributed by atoms with Gasteiger partial charge in [0.15, 0.2) is 0 Å². The summed E-state index contributed by atoms with van der Waals surface area (Å²) in [6.07, 6.45) is 2.22. The molecule has 0 bridgehead atoms. The molecule has 0 aliphatic rings. The first kappa shape index (κ1) is 13.5. The van der Waals surface area contributed by atoms with E-state index >= 15 is 0 Å². The maximum Gasteiger partial charge on any atom is 0.228 e. The highest BCUT2D eigenvalue weighted by Crippen LogP contribution is 2.24. The van der Waals surface area contributed by atoms with Crippen LogP contribution in [0.1, 0.15) is 5.56 Å². The van der Waals surface area contributed by atoms with Crippen LogP contribution in [0.25, 0.3) is 0 Å². The average molecular weight is 273 g/mol. The van der Waals surface area contributed by atoms with E-state index in [4.69, 9.17) is 0 Å². The number of carbonyl (C=O) groups is 1. The van der Waals surface area contributed by atoms with Gasteiger partial charge in [-0.3, -0.25) is 4.79 Å². The van der Waals surface area contributed by atoms with E-state index < -0.39 is 0 Å². The van der Waals surface area contributed by atoms with Crippen LogP contribution in [0, 0.1) is 0 Å². The molecule has 0 aromatic heterocycles. The lowest BCUT2D eigenvalue weighted by molar-refractivity contribution is -0.115. The van der Waals surface area contributed by atoms with Crippen molar-refractivity contribution >= 4 is 23.4 Å². The van der Waals surface area contributed by atoms with E-state index in [0.717, 1.165) is 16.1 Å². The molecule has 0 saturated heterocycles. The third-order valence-corrected chi connectivity index (χ3v) is 3.45. The summed E-state index contributed by atoms with van der Waals surface area (Å²) in [7, 11) is 0. The van der Waals surface area contributed by atoms with Gasteiger partial charge in [-0.15, -0.1) is 11.8 Å². The molecule has 0 atom stereocenters. The first-order chi connectivity index (χ1) is 9.19. The first-order valence-corrected chi connectivity index (χ1v) is 7.12. The van der Waals surface area contributed by atoms with Crippen molar-refractivity contribution in [2.75, 3.05) is 11.6 Å². The van der Waals surface area contributed by atoms with Gasteiger partial charge in [-0.25, -0.2) is 0 Å². The third-order valence-electron chi connectivity index (χ3n) is 2.66. The molecule has 0 aliphatic carbocycles. The average Bonchev–Trinajstić information content (AvgIpc) is 2.39. The molecular weight excluding hydrogens is 258 g/mol. The number of aromatic hydroxyl groups is 1. The molecule has 0 unspecified atom stereocenters. The Morgan fingerprint density at radius 1 is 1.21 bits per heavy atom. The van der Waals surface area contributed by atoms with Gasteiger partial charge in [-0.1, -0.05) is 24.3 Å². The number of anilines is 1. The SMILES string of the molecule is CSc1ccccc1NC(=O)Cc1cccc(O)c1. The van der Waals surface area contributed by atoms with Crippen LogP contribution < -0.4 is 5.32 Å². The fraction of sp³-hybridized carbons (Fsp3) is 0.133. The van der Waals surface area contributed by atoms with Crippen LogP contribution >= 0.6 is 11.8 Å². The maximum atomic E-state index is 12.0. The van der Waals surface area contributed by atoms with Gasteiger partial charge < -0.3 is 10.4 Å². The first-order valence-electron chi connectivity index (χ1n) is 5.90. The number of para-hydroxylation sites is 1. The molecule has 2 N–H and O–H groups in total. The highest BCUT2D eigenvalue weighted by atomic mass is 32.2. The van der Waals surface area contributed by atoms with Crippen molar-refractivity contribution in [3.05, 3.63) is 54.1 Å². The molecule has 98 valence electrons. The van der Waals surface area contributed by atoms with Crippen molar-refractivity contribution in [3.8, 4) is 5.75 Å². The van der Waals surface area contributed by atoms with Gasteiger partial charge in [0.05, 0.1) is 12.1 Å². The zero-order chi connectivity index (χ0) is 13.7. The van der Waals surface area contributed by atoms with Gasteiger partial charge >= 0.3 is 0 Å². The number of hydrogen-bond acceptors (Lipinski definition) is 3. The van der Waals surface area contributed by atoms with E-state index in [1.807, 2.05) is 36.6 Å². The Morgan fingerprint density at radius 3 is 2.74 bits per heavy atom. The summed E-state index contributed by atoms with van der Waals surface area (Å²) >= 11 is 1.59.